The van der Waals surface area contributed by atoms with Gasteiger partial charge in [0.1, 0.15) is 0 Å². The fraction of sp³-hybridized carbons (Fsp3) is 0.300. The summed E-state index contributed by atoms with van der Waals surface area (Å²) in [6, 6.07) is 5.81. The van der Waals surface area contributed by atoms with Crippen LogP contribution in [0.15, 0.2) is 29.4 Å². The maximum atomic E-state index is 4.10. The molecule has 2 aromatic rings. The number of nitrogens with one attached hydrogen (secondary N) is 2. The summed E-state index contributed by atoms with van der Waals surface area (Å²) in [4.78, 5) is 4.02. The molecule has 2 N–H and O–H groups in total. The van der Waals surface area contributed by atoms with Gasteiger partial charge in [-0.3, -0.25) is 9.39 Å². The van der Waals surface area contributed by atoms with Crippen LogP contribution in [-0.2, 0) is 6.54 Å². The van der Waals surface area contributed by atoms with Crippen LogP contribution >= 0.6 is 0 Å². The smallest absolute Gasteiger partial charge is 0.191 e. The van der Waals surface area contributed by atoms with Crippen LogP contribution in [0.4, 0.5) is 0 Å². The maximum Gasteiger partial charge on any atom is 0.191 e. The highest BCUT2D eigenvalue weighted by Crippen LogP contribution is 2.01. The van der Waals surface area contributed by atoms with E-state index in [2.05, 4.69) is 25.8 Å². The van der Waals surface area contributed by atoms with Crippen LogP contribution in [0.5, 0.6) is 0 Å². The number of hydrogen-bond acceptors (Lipinski definition) is 3. The van der Waals surface area contributed by atoms with E-state index in [4.69, 9.17) is 0 Å². The Morgan fingerprint density at radius 1 is 1.44 bits per heavy atom. The van der Waals surface area contributed by atoms with E-state index in [0.717, 1.165) is 17.4 Å². The van der Waals surface area contributed by atoms with E-state index in [9.17, 15) is 0 Å². The van der Waals surface area contributed by atoms with Crippen molar-refractivity contribution in [3.8, 4) is 0 Å². The molecule has 0 aromatic carbocycles. The lowest BCUT2D eigenvalue weighted by Crippen LogP contribution is -2.34. The third-order valence-electron chi connectivity index (χ3n) is 2.26. The average Bonchev–Trinajstić information content (AvgIpc) is 2.74. The van der Waals surface area contributed by atoms with E-state index in [0.29, 0.717) is 6.54 Å². The molecule has 0 spiro atoms. The molecular formula is C10H14N6. The molecule has 0 bridgehead atoms. The third kappa shape index (κ3) is 1.95. The highest BCUT2D eigenvalue weighted by atomic mass is 15.3. The van der Waals surface area contributed by atoms with Crippen LogP contribution < -0.4 is 10.6 Å². The van der Waals surface area contributed by atoms with Crippen LogP contribution in [-0.4, -0.2) is 34.7 Å². The van der Waals surface area contributed by atoms with E-state index < -0.39 is 0 Å². The van der Waals surface area contributed by atoms with Crippen molar-refractivity contribution in [1.82, 2.24) is 25.2 Å². The zero-order valence-electron chi connectivity index (χ0n) is 9.31. The molecule has 0 aliphatic carbocycles. The summed E-state index contributed by atoms with van der Waals surface area (Å²) in [6.45, 7) is 0.582. The van der Waals surface area contributed by atoms with Crippen molar-refractivity contribution < 1.29 is 0 Å². The largest absolute Gasteiger partial charge is 0.359 e. The van der Waals surface area contributed by atoms with Gasteiger partial charge >= 0.3 is 0 Å². The summed E-state index contributed by atoms with van der Waals surface area (Å²) in [5, 5.41) is 14.2. The number of pyridine rings is 1. The molecule has 2 heterocycles. The minimum atomic E-state index is 0.582. The predicted molar refractivity (Wildman–Crippen MR) is 62.2 cm³/mol. The normalized spacial score (nSPS) is 11.8. The Morgan fingerprint density at radius 3 is 3.06 bits per heavy atom. The molecule has 2 aromatic heterocycles. The fourth-order valence-corrected chi connectivity index (χ4v) is 1.45. The average molecular weight is 218 g/mol. The van der Waals surface area contributed by atoms with E-state index in [1.165, 1.54) is 0 Å². The highest BCUT2D eigenvalue weighted by molar-refractivity contribution is 5.79. The molecule has 0 atom stereocenters. The van der Waals surface area contributed by atoms with Crippen LogP contribution in [0, 0.1) is 0 Å². The molecule has 0 fully saturated rings. The van der Waals surface area contributed by atoms with E-state index in [1.807, 2.05) is 35.8 Å². The molecule has 16 heavy (non-hydrogen) atoms. The molecule has 0 aliphatic heterocycles. The van der Waals surface area contributed by atoms with E-state index >= 15 is 0 Å². The monoisotopic (exact) mass is 218 g/mol. The standard InChI is InChI=1S/C10H14N6/c1-11-10(12-2)13-7-9-15-14-8-5-3-4-6-16(8)9/h3-6H,7H2,1-2H3,(H2,11,12,13). The second-order valence-electron chi connectivity index (χ2n) is 3.22. The van der Waals surface area contributed by atoms with Crippen molar-refractivity contribution in [2.75, 3.05) is 14.1 Å². The summed E-state index contributed by atoms with van der Waals surface area (Å²) in [6.07, 6.45) is 1.94. The molecule has 0 saturated carbocycles. The second-order valence-corrected chi connectivity index (χ2v) is 3.22. The lowest BCUT2D eigenvalue weighted by Gasteiger charge is -2.06. The van der Waals surface area contributed by atoms with Crippen LogP contribution in [0.1, 0.15) is 5.82 Å². The van der Waals surface area contributed by atoms with Crippen molar-refractivity contribution in [1.29, 1.82) is 0 Å². The van der Waals surface area contributed by atoms with E-state index in [-0.39, 0.29) is 0 Å². The van der Waals surface area contributed by atoms with E-state index in [1.54, 1.807) is 7.05 Å². The molecule has 0 radical (unpaired) electrons. The molecule has 84 valence electrons. The zero-order valence-corrected chi connectivity index (χ0v) is 9.31. The number of aromatic nitrogens is 3. The zero-order chi connectivity index (χ0) is 11.4. The molecule has 0 aliphatic rings. The van der Waals surface area contributed by atoms with Gasteiger partial charge in [-0.1, -0.05) is 6.07 Å². The van der Waals surface area contributed by atoms with Gasteiger partial charge in [0.25, 0.3) is 0 Å². The van der Waals surface area contributed by atoms with Crippen molar-refractivity contribution in [2.45, 2.75) is 6.54 Å². The Morgan fingerprint density at radius 2 is 2.31 bits per heavy atom. The molecule has 0 saturated heterocycles. The SMILES string of the molecule is CN=C(NC)NCc1nnc2ccccn12. The Kier molecular flexibility index (Phi) is 3.00. The number of rotatable bonds is 2. The van der Waals surface area contributed by atoms with Crippen LogP contribution in [0.3, 0.4) is 0 Å². The Balaban J connectivity index is 2.16. The molecule has 6 nitrogen and oxygen atoms in total. The molecular weight excluding hydrogens is 204 g/mol. The van der Waals surface area contributed by atoms with Gasteiger partial charge in [-0.25, -0.2) is 0 Å². The third-order valence-corrected chi connectivity index (χ3v) is 2.26. The predicted octanol–water partition coefficient (Wildman–Crippen LogP) is 0.0241. The van der Waals surface area contributed by atoms with Gasteiger partial charge in [-0.05, 0) is 12.1 Å². The molecule has 2 rings (SSSR count). The highest BCUT2D eigenvalue weighted by Gasteiger charge is 2.04. The first-order valence-electron chi connectivity index (χ1n) is 5.02. The molecule has 6 heteroatoms. The second kappa shape index (κ2) is 4.61. The number of hydrogen-bond donors (Lipinski definition) is 2. The number of aliphatic imine (C=N–C) groups is 1. The number of nitrogens with zero attached hydrogens (tertiary/aromatic N) is 4. The summed E-state index contributed by atoms with van der Waals surface area (Å²) < 4.78 is 1.94. The van der Waals surface area contributed by atoms with Gasteiger partial charge in [0.2, 0.25) is 0 Å². The summed E-state index contributed by atoms with van der Waals surface area (Å²) >= 11 is 0. The van der Waals surface area contributed by atoms with Crippen LogP contribution in [0.25, 0.3) is 5.65 Å². The lowest BCUT2D eigenvalue weighted by atomic mass is 10.4. The quantitative estimate of drug-likeness (QED) is 0.551. The molecule has 0 amide bonds. The Bertz CT molecular complexity index is 501. The summed E-state index contributed by atoms with van der Waals surface area (Å²) in [5.41, 5.74) is 0.846. The summed E-state index contributed by atoms with van der Waals surface area (Å²) in [5.74, 6) is 1.58. The number of fused-ring (bicyclic) bond motifs is 1. The van der Waals surface area contributed by atoms with Crippen molar-refractivity contribution in [2.24, 2.45) is 4.99 Å². The molecule has 0 unspecified atom stereocenters. The van der Waals surface area contributed by atoms with Gasteiger partial charge in [0, 0.05) is 20.3 Å². The van der Waals surface area contributed by atoms with Crippen molar-refractivity contribution >= 4 is 11.6 Å². The van der Waals surface area contributed by atoms with Gasteiger partial charge in [0.05, 0.1) is 6.54 Å². The Labute approximate surface area is 93.4 Å². The lowest BCUT2D eigenvalue weighted by molar-refractivity contribution is 0.786. The minimum absolute atomic E-state index is 0.582. The first kappa shape index (κ1) is 10.4. The van der Waals surface area contributed by atoms with Crippen molar-refractivity contribution in [3.05, 3.63) is 30.2 Å². The first-order valence-corrected chi connectivity index (χ1v) is 5.02. The summed E-state index contributed by atoms with van der Waals surface area (Å²) in [7, 11) is 3.54. The van der Waals surface area contributed by atoms with Gasteiger partial charge < -0.3 is 10.6 Å². The maximum absolute atomic E-state index is 4.10. The van der Waals surface area contributed by atoms with Gasteiger partial charge in [0.15, 0.2) is 17.4 Å². The minimum Gasteiger partial charge on any atom is -0.359 e. The number of guanidine groups is 1. The Hall–Kier alpha value is -2.11. The van der Waals surface area contributed by atoms with Gasteiger partial charge in [-0.15, -0.1) is 10.2 Å². The topological polar surface area (TPSA) is 66.6 Å². The first-order chi connectivity index (χ1) is 7.85. The van der Waals surface area contributed by atoms with Crippen LogP contribution in [0.2, 0.25) is 0 Å². The van der Waals surface area contributed by atoms with Crippen molar-refractivity contribution in [3.63, 3.8) is 0 Å². The fourth-order valence-electron chi connectivity index (χ4n) is 1.45. The van der Waals surface area contributed by atoms with Gasteiger partial charge in [-0.2, -0.15) is 0 Å².